The number of nitrogens with one attached hydrogen (secondary N) is 2. The topological polar surface area (TPSA) is 131 Å². The molecule has 0 radical (unpaired) electrons. The summed E-state index contributed by atoms with van der Waals surface area (Å²) in [5.74, 6) is 0.256. The quantitative estimate of drug-likeness (QED) is 0.230. The monoisotopic (exact) mass is 682 g/mol. The normalized spacial score (nSPS) is 19.0. The lowest BCUT2D eigenvalue weighted by molar-refractivity contribution is -0.117. The van der Waals surface area contributed by atoms with Crippen molar-refractivity contribution in [1.29, 1.82) is 0 Å². The van der Waals surface area contributed by atoms with Crippen molar-refractivity contribution in [2.24, 2.45) is 9.98 Å². The number of dihydropyridines is 1. The molecule has 5 heterocycles. The molecule has 2 atom stereocenters. The Hall–Kier alpha value is -4.14. The van der Waals surface area contributed by atoms with Gasteiger partial charge in [0.15, 0.2) is 0 Å². The number of rotatable bonds is 8. The highest BCUT2D eigenvalue weighted by Crippen LogP contribution is 2.34. The number of aliphatic imine (C=N–C) groups is 2. The van der Waals surface area contributed by atoms with Gasteiger partial charge in [0.25, 0.3) is 0 Å². The number of nitrogens with zero attached hydrogens (tertiary/aromatic N) is 2. The number of Topliss-reactive ketones (excluding diaryl/α,β-unsaturated/α-hetero) is 2. The maximum Gasteiger partial charge on any atom is 0.130 e. The van der Waals surface area contributed by atoms with Gasteiger partial charge in [-0.15, -0.1) is 0 Å². The molecule has 270 valence electrons. The summed E-state index contributed by atoms with van der Waals surface area (Å²) in [6.07, 6.45) is 9.97. The van der Waals surface area contributed by atoms with Crippen LogP contribution in [0.2, 0.25) is 0 Å². The third kappa shape index (κ3) is 8.95. The highest BCUT2D eigenvalue weighted by atomic mass is 16.3. The number of aliphatic hydroxyl groups excluding tert-OH is 2. The van der Waals surface area contributed by atoms with Crippen LogP contribution < -0.4 is 10.7 Å². The van der Waals surface area contributed by atoms with Crippen LogP contribution in [0, 0.1) is 13.8 Å². The Balaban J connectivity index is 0.00000163. The van der Waals surface area contributed by atoms with Gasteiger partial charge in [0.05, 0.1) is 29.3 Å². The molecule has 0 spiro atoms. The number of aromatic nitrogens is 2. The Bertz CT molecular complexity index is 1930. The van der Waals surface area contributed by atoms with Crippen molar-refractivity contribution in [2.75, 3.05) is 0 Å². The van der Waals surface area contributed by atoms with Crippen molar-refractivity contribution in [3.05, 3.63) is 84.1 Å². The van der Waals surface area contributed by atoms with Gasteiger partial charge in [0, 0.05) is 59.0 Å². The number of ketones is 2. The molecule has 8 nitrogen and oxygen atoms in total. The second kappa shape index (κ2) is 17.7. The highest BCUT2D eigenvalue weighted by molar-refractivity contribution is 6.23. The summed E-state index contributed by atoms with van der Waals surface area (Å²) in [6, 6.07) is 0. The smallest absolute Gasteiger partial charge is 0.130 e. The molecule has 0 aromatic carbocycles. The van der Waals surface area contributed by atoms with Crippen LogP contribution in [0.5, 0.6) is 0 Å². The lowest BCUT2D eigenvalue weighted by Crippen LogP contribution is -2.16. The van der Waals surface area contributed by atoms with Crippen molar-refractivity contribution >= 4 is 41.2 Å². The number of allylic oxidation sites excluding steroid dienone is 4. The minimum Gasteiger partial charge on any atom is -0.389 e. The molecule has 8 heteroatoms. The van der Waals surface area contributed by atoms with Crippen LogP contribution in [0.25, 0.3) is 18.2 Å². The SMILES string of the molecule is CC.CC.CC(=O)CCC1=C(C)C2=CCC3=N/C(=C\c4[nH]c(c(C)c4C(C)O)/C=c4\[nH]/c(c(CCC(C)=O)c4C)=C\C1=N2)C(C)=C(C(C)O)C3. The maximum absolute atomic E-state index is 12.1. The van der Waals surface area contributed by atoms with Crippen LogP contribution in [0.15, 0.2) is 49.7 Å². The third-order valence-electron chi connectivity index (χ3n) is 9.50. The molecule has 2 aromatic rings. The van der Waals surface area contributed by atoms with Gasteiger partial charge in [0.2, 0.25) is 0 Å². The molecule has 2 aromatic heterocycles. The van der Waals surface area contributed by atoms with E-state index < -0.39 is 12.2 Å². The lowest BCUT2D eigenvalue weighted by Gasteiger charge is -2.22. The van der Waals surface area contributed by atoms with E-state index in [1.165, 1.54) is 0 Å². The second-order valence-corrected chi connectivity index (χ2v) is 13.0. The molecule has 4 N–H and O–H groups in total. The predicted octanol–water partition coefficient (Wildman–Crippen LogP) is 7.51. The average molecular weight is 683 g/mol. The zero-order chi connectivity index (χ0) is 37.4. The molecular weight excluding hydrogens is 624 g/mol. The molecule has 0 saturated carbocycles. The molecular formula is C42H58N4O4. The van der Waals surface area contributed by atoms with E-state index in [4.69, 9.17) is 9.98 Å². The Labute approximate surface area is 298 Å². The van der Waals surface area contributed by atoms with E-state index in [-0.39, 0.29) is 11.6 Å². The molecule has 8 bridgehead atoms. The Morgan fingerprint density at radius 2 is 1.40 bits per heavy atom. The first-order chi connectivity index (χ1) is 23.7. The Morgan fingerprint density at radius 1 is 0.760 bits per heavy atom. The predicted molar refractivity (Wildman–Crippen MR) is 208 cm³/mol. The molecule has 0 amide bonds. The summed E-state index contributed by atoms with van der Waals surface area (Å²) < 4.78 is 0. The molecule has 2 unspecified atom stereocenters. The number of carbonyl (C=O) groups is 2. The van der Waals surface area contributed by atoms with Crippen molar-refractivity contribution in [3.63, 3.8) is 0 Å². The van der Waals surface area contributed by atoms with Gasteiger partial charge in [-0.3, -0.25) is 4.99 Å². The van der Waals surface area contributed by atoms with Gasteiger partial charge in [0.1, 0.15) is 11.6 Å². The summed E-state index contributed by atoms with van der Waals surface area (Å²) in [4.78, 5) is 41.4. The van der Waals surface area contributed by atoms with Crippen molar-refractivity contribution in [2.45, 2.75) is 134 Å². The Kier molecular flexibility index (Phi) is 14.2. The fraction of sp³-hybridized carbons (Fsp3) is 0.476. The summed E-state index contributed by atoms with van der Waals surface area (Å²) in [5.41, 5.74) is 12.7. The number of aromatic amines is 2. The largest absolute Gasteiger partial charge is 0.389 e. The molecule has 0 aliphatic carbocycles. The first-order valence-corrected chi connectivity index (χ1v) is 18.2. The van der Waals surface area contributed by atoms with Gasteiger partial charge in [-0.25, -0.2) is 4.99 Å². The van der Waals surface area contributed by atoms with Gasteiger partial charge in [-0.05, 0) is 125 Å². The van der Waals surface area contributed by atoms with Crippen LogP contribution >= 0.6 is 0 Å². The summed E-state index contributed by atoms with van der Waals surface area (Å²) >= 11 is 0. The van der Waals surface area contributed by atoms with Crippen molar-refractivity contribution < 1.29 is 19.8 Å². The van der Waals surface area contributed by atoms with E-state index in [0.29, 0.717) is 38.5 Å². The number of hydrogen-bond acceptors (Lipinski definition) is 6. The molecule has 0 saturated heterocycles. The zero-order valence-electron chi connectivity index (χ0n) is 32.3. The van der Waals surface area contributed by atoms with E-state index in [9.17, 15) is 19.8 Å². The number of H-pyrrole nitrogens is 2. The van der Waals surface area contributed by atoms with Crippen LogP contribution in [0.1, 0.15) is 141 Å². The summed E-state index contributed by atoms with van der Waals surface area (Å²) in [6.45, 7) is 22.9. The van der Waals surface area contributed by atoms with Crippen molar-refractivity contribution in [1.82, 2.24) is 9.97 Å². The first-order valence-electron chi connectivity index (χ1n) is 18.2. The van der Waals surface area contributed by atoms with E-state index >= 15 is 0 Å². The van der Waals surface area contributed by atoms with Gasteiger partial charge in [-0.1, -0.05) is 33.8 Å². The van der Waals surface area contributed by atoms with Gasteiger partial charge < -0.3 is 29.8 Å². The molecule has 3 aliphatic heterocycles. The van der Waals surface area contributed by atoms with Crippen LogP contribution in [0.3, 0.4) is 0 Å². The van der Waals surface area contributed by atoms with E-state index in [1.807, 2.05) is 47.6 Å². The van der Waals surface area contributed by atoms with E-state index in [1.54, 1.807) is 27.7 Å². The second-order valence-electron chi connectivity index (χ2n) is 13.0. The van der Waals surface area contributed by atoms with Crippen molar-refractivity contribution in [3.8, 4) is 0 Å². The van der Waals surface area contributed by atoms with Crippen LogP contribution in [-0.4, -0.2) is 49.3 Å². The minimum atomic E-state index is -0.719. The molecule has 50 heavy (non-hydrogen) atoms. The minimum absolute atomic E-state index is 0.127. The van der Waals surface area contributed by atoms with Gasteiger partial charge >= 0.3 is 0 Å². The van der Waals surface area contributed by atoms with E-state index in [2.05, 4.69) is 42.0 Å². The van der Waals surface area contributed by atoms with E-state index in [0.717, 1.165) is 89.4 Å². The summed E-state index contributed by atoms with van der Waals surface area (Å²) in [7, 11) is 0. The standard InChI is InChI=1S/C38H46N4O4.2C2H6/c1-19(43)9-12-28-21(3)31-14-11-27-15-30(25(7)45)23(5)32(39-27)17-37-38(26(8)46)24(6)34(42-37)16-33-22(4)29(13-10-20(2)44)36(41-33)18-35(28)40-31;2*1-2/h14,16-18,25-26,41-42,45-46H,9-13,15H2,1-8H3;2*1-2H3/b31-14?,32-17-,33-16-,36-18-;;. The van der Waals surface area contributed by atoms with Gasteiger partial charge in [-0.2, -0.15) is 0 Å². The fourth-order valence-electron chi connectivity index (χ4n) is 6.74. The highest BCUT2D eigenvalue weighted by Gasteiger charge is 2.24. The fourth-order valence-corrected chi connectivity index (χ4v) is 6.74. The third-order valence-corrected chi connectivity index (χ3v) is 9.50. The average Bonchev–Trinajstić information content (AvgIpc) is 3.65. The first kappa shape index (κ1) is 40.3. The Morgan fingerprint density at radius 3 is 2.00 bits per heavy atom. The lowest BCUT2D eigenvalue weighted by atomic mass is 9.91. The maximum atomic E-state index is 12.1. The zero-order valence-corrected chi connectivity index (χ0v) is 32.3. The summed E-state index contributed by atoms with van der Waals surface area (Å²) in [5, 5.41) is 23.4. The number of fused-ring (bicyclic) bond motifs is 6. The molecule has 0 fully saturated rings. The van der Waals surface area contributed by atoms with Crippen LogP contribution in [0.4, 0.5) is 0 Å². The van der Waals surface area contributed by atoms with Crippen LogP contribution in [-0.2, 0) is 16.0 Å². The number of hydrogen-bond donors (Lipinski definition) is 4. The number of carbonyl (C=O) groups excluding carboxylic acids is 2. The number of aliphatic hydroxyl groups is 2. The molecule has 3 aliphatic rings. The molecule has 5 rings (SSSR count).